The Balaban J connectivity index is 1.96. The molecular formula is C15H14N4OS2. The van der Waals surface area contributed by atoms with Crippen molar-refractivity contribution in [2.75, 3.05) is 18.3 Å². The number of thioether (sulfide) groups is 1. The van der Waals surface area contributed by atoms with Gasteiger partial charge in [-0.3, -0.25) is 15.2 Å². The predicted octanol–water partition coefficient (Wildman–Crippen LogP) is 3.19. The second-order valence-corrected chi connectivity index (χ2v) is 6.25. The molecule has 0 saturated carbocycles. The molecule has 0 saturated heterocycles. The lowest BCUT2D eigenvalue weighted by atomic mass is 10.2. The average molecular weight is 330 g/mol. The van der Waals surface area contributed by atoms with Crippen molar-refractivity contribution in [3.05, 3.63) is 46.7 Å². The van der Waals surface area contributed by atoms with Crippen molar-refractivity contribution in [2.24, 2.45) is 0 Å². The van der Waals surface area contributed by atoms with E-state index in [1.54, 1.807) is 18.1 Å². The zero-order valence-corrected chi connectivity index (χ0v) is 13.7. The molecule has 0 spiro atoms. The number of nitrogens with one attached hydrogen (secondary N) is 1. The molecule has 7 heteroatoms. The minimum Gasteiger partial charge on any atom is -0.271 e. The first kappa shape index (κ1) is 14.8. The summed E-state index contributed by atoms with van der Waals surface area (Å²) in [7, 11) is 1.78. The third-order valence-corrected chi connectivity index (χ3v) is 4.49. The molecule has 0 aliphatic carbocycles. The standard InChI is InChI=1S/C15H14N4OS2/c1-19(18-14(20)12-8-5-9-22-12)13-10-6-3-4-7-11(10)16-15(17-13)21-2/h3-9H,1-2H3,(H,18,20). The number of aromatic nitrogens is 2. The van der Waals surface area contributed by atoms with Gasteiger partial charge in [0.2, 0.25) is 0 Å². The molecule has 1 N–H and O–H groups in total. The summed E-state index contributed by atoms with van der Waals surface area (Å²) in [4.78, 5) is 21.9. The number of hydrazine groups is 1. The number of rotatable bonds is 4. The van der Waals surface area contributed by atoms with Crippen LogP contribution in [0.4, 0.5) is 5.82 Å². The Morgan fingerprint density at radius 3 is 2.77 bits per heavy atom. The third kappa shape index (κ3) is 2.90. The maximum absolute atomic E-state index is 12.2. The van der Waals surface area contributed by atoms with Gasteiger partial charge in [0.05, 0.1) is 10.4 Å². The van der Waals surface area contributed by atoms with Crippen LogP contribution < -0.4 is 10.4 Å². The molecule has 3 aromatic rings. The fraction of sp³-hybridized carbons (Fsp3) is 0.133. The van der Waals surface area contributed by atoms with Crippen LogP contribution in [0.1, 0.15) is 9.67 Å². The molecule has 0 unspecified atom stereocenters. The Labute approximate surface area is 136 Å². The smallest absolute Gasteiger partial charge is 0.271 e. The summed E-state index contributed by atoms with van der Waals surface area (Å²) >= 11 is 2.88. The molecule has 1 aromatic carbocycles. The minimum atomic E-state index is -0.147. The van der Waals surface area contributed by atoms with Crippen LogP contribution >= 0.6 is 23.1 Å². The maximum atomic E-state index is 12.2. The van der Waals surface area contributed by atoms with Gasteiger partial charge in [-0.15, -0.1) is 11.3 Å². The van der Waals surface area contributed by atoms with Gasteiger partial charge in [0.1, 0.15) is 0 Å². The summed E-state index contributed by atoms with van der Waals surface area (Å²) in [5, 5.41) is 5.09. The van der Waals surface area contributed by atoms with Crippen molar-refractivity contribution in [1.29, 1.82) is 0 Å². The Morgan fingerprint density at radius 1 is 1.23 bits per heavy atom. The molecule has 22 heavy (non-hydrogen) atoms. The Morgan fingerprint density at radius 2 is 2.05 bits per heavy atom. The number of carbonyl (C=O) groups is 1. The molecule has 3 rings (SSSR count). The second kappa shape index (κ2) is 6.33. The van der Waals surface area contributed by atoms with Crippen molar-refractivity contribution >= 4 is 45.7 Å². The molecule has 0 bridgehead atoms. The Hall–Kier alpha value is -2.12. The van der Waals surface area contributed by atoms with E-state index in [1.165, 1.54) is 23.1 Å². The first-order valence-electron chi connectivity index (χ1n) is 6.58. The lowest BCUT2D eigenvalue weighted by Gasteiger charge is -2.20. The van der Waals surface area contributed by atoms with E-state index in [9.17, 15) is 4.79 Å². The van der Waals surface area contributed by atoms with Crippen molar-refractivity contribution in [2.45, 2.75) is 5.16 Å². The zero-order chi connectivity index (χ0) is 15.5. The number of amides is 1. The van der Waals surface area contributed by atoms with Crippen LogP contribution in [0.25, 0.3) is 10.9 Å². The monoisotopic (exact) mass is 330 g/mol. The Kier molecular flexibility index (Phi) is 4.26. The van der Waals surface area contributed by atoms with Crippen LogP contribution in [0, 0.1) is 0 Å². The third-order valence-electron chi connectivity index (χ3n) is 3.08. The van der Waals surface area contributed by atoms with E-state index in [0.29, 0.717) is 15.9 Å². The molecule has 0 atom stereocenters. The number of fused-ring (bicyclic) bond motifs is 1. The molecule has 2 aromatic heterocycles. The lowest BCUT2D eigenvalue weighted by molar-refractivity contribution is 0.0955. The van der Waals surface area contributed by atoms with Crippen molar-refractivity contribution in [1.82, 2.24) is 15.4 Å². The predicted molar refractivity (Wildman–Crippen MR) is 91.5 cm³/mol. The van der Waals surface area contributed by atoms with Crippen molar-refractivity contribution < 1.29 is 4.79 Å². The molecule has 0 aliphatic rings. The summed E-state index contributed by atoms with van der Waals surface area (Å²) in [5.41, 5.74) is 3.70. The van der Waals surface area contributed by atoms with Gasteiger partial charge in [-0.05, 0) is 29.8 Å². The maximum Gasteiger partial charge on any atom is 0.279 e. The summed E-state index contributed by atoms with van der Waals surface area (Å²) < 4.78 is 0. The molecular weight excluding hydrogens is 316 g/mol. The average Bonchev–Trinajstić information content (AvgIpc) is 3.08. The number of para-hydroxylation sites is 1. The van der Waals surface area contributed by atoms with E-state index in [4.69, 9.17) is 0 Å². The SMILES string of the molecule is CSc1nc(N(C)NC(=O)c2cccs2)c2ccccc2n1. The number of hydrogen-bond donors (Lipinski definition) is 1. The highest BCUT2D eigenvalue weighted by Crippen LogP contribution is 2.25. The van der Waals surface area contributed by atoms with Gasteiger partial charge < -0.3 is 0 Å². The van der Waals surface area contributed by atoms with Gasteiger partial charge in [0.25, 0.3) is 5.91 Å². The topological polar surface area (TPSA) is 58.1 Å². The number of hydrogen-bond acceptors (Lipinski definition) is 6. The lowest BCUT2D eigenvalue weighted by Crippen LogP contribution is -2.39. The highest BCUT2D eigenvalue weighted by Gasteiger charge is 2.14. The quantitative estimate of drug-likeness (QED) is 0.452. The highest BCUT2D eigenvalue weighted by molar-refractivity contribution is 7.98. The molecule has 2 heterocycles. The molecule has 0 radical (unpaired) electrons. The first-order chi connectivity index (χ1) is 10.7. The molecule has 5 nitrogen and oxygen atoms in total. The highest BCUT2D eigenvalue weighted by atomic mass is 32.2. The normalized spacial score (nSPS) is 10.6. The van der Waals surface area contributed by atoms with Crippen LogP contribution in [-0.4, -0.2) is 29.2 Å². The number of carbonyl (C=O) groups excluding carboxylic acids is 1. The van der Waals surface area contributed by atoms with Gasteiger partial charge in [-0.25, -0.2) is 9.97 Å². The molecule has 112 valence electrons. The first-order valence-corrected chi connectivity index (χ1v) is 8.68. The van der Waals surface area contributed by atoms with Gasteiger partial charge in [-0.2, -0.15) is 0 Å². The van der Waals surface area contributed by atoms with Crippen LogP contribution in [-0.2, 0) is 0 Å². The molecule has 0 aliphatic heterocycles. The van der Waals surface area contributed by atoms with Gasteiger partial charge in [-0.1, -0.05) is 30.0 Å². The fourth-order valence-electron chi connectivity index (χ4n) is 2.05. The number of anilines is 1. The van der Waals surface area contributed by atoms with Crippen LogP contribution in [0.3, 0.4) is 0 Å². The number of nitrogens with zero attached hydrogens (tertiary/aromatic N) is 3. The van der Waals surface area contributed by atoms with Crippen LogP contribution in [0.5, 0.6) is 0 Å². The summed E-state index contributed by atoms with van der Waals surface area (Å²) in [6, 6.07) is 11.4. The number of thiophene rings is 1. The van der Waals surface area contributed by atoms with Gasteiger partial charge >= 0.3 is 0 Å². The van der Waals surface area contributed by atoms with Crippen LogP contribution in [0.2, 0.25) is 0 Å². The fourth-order valence-corrected chi connectivity index (χ4v) is 3.04. The van der Waals surface area contributed by atoms with Crippen molar-refractivity contribution in [3.63, 3.8) is 0 Å². The van der Waals surface area contributed by atoms with E-state index < -0.39 is 0 Å². The van der Waals surface area contributed by atoms with Gasteiger partial charge in [0, 0.05) is 12.4 Å². The zero-order valence-electron chi connectivity index (χ0n) is 12.1. The van der Waals surface area contributed by atoms with Crippen LogP contribution in [0.15, 0.2) is 46.9 Å². The van der Waals surface area contributed by atoms with E-state index in [2.05, 4.69) is 15.4 Å². The van der Waals surface area contributed by atoms with E-state index in [-0.39, 0.29) is 5.91 Å². The summed E-state index contributed by atoms with van der Waals surface area (Å²) in [5.74, 6) is 0.533. The second-order valence-electron chi connectivity index (χ2n) is 4.53. The largest absolute Gasteiger partial charge is 0.279 e. The minimum absolute atomic E-state index is 0.147. The molecule has 1 amide bonds. The van der Waals surface area contributed by atoms with E-state index in [0.717, 1.165) is 10.9 Å². The molecule has 0 fully saturated rings. The van der Waals surface area contributed by atoms with E-state index in [1.807, 2.05) is 42.0 Å². The van der Waals surface area contributed by atoms with Gasteiger partial charge in [0.15, 0.2) is 11.0 Å². The Bertz CT molecular complexity index is 804. The van der Waals surface area contributed by atoms with E-state index >= 15 is 0 Å². The summed E-state index contributed by atoms with van der Waals surface area (Å²) in [6.45, 7) is 0. The number of benzene rings is 1. The summed E-state index contributed by atoms with van der Waals surface area (Å²) in [6.07, 6.45) is 1.93. The van der Waals surface area contributed by atoms with Crippen molar-refractivity contribution in [3.8, 4) is 0 Å².